The predicted octanol–water partition coefficient (Wildman–Crippen LogP) is 20.6. The summed E-state index contributed by atoms with van der Waals surface area (Å²) in [6.45, 7) is 7.59. The number of esters is 2. The van der Waals surface area contributed by atoms with Crippen molar-refractivity contribution < 1.29 is 23.8 Å². The first-order chi connectivity index (χ1) is 34.6. The van der Waals surface area contributed by atoms with Crippen molar-refractivity contribution in [2.75, 3.05) is 19.8 Å². The van der Waals surface area contributed by atoms with Gasteiger partial charge in [0.25, 0.3) is 0 Å². The molecule has 0 heterocycles. The standard InChI is InChI=1S/C65H112O5/c1-4-7-10-13-16-19-22-25-28-30-32-34-36-39-42-45-48-51-54-57-60-68-61-63(70-65(67)59-56-53-50-47-44-41-37-27-24-21-18-15-12-9-6-3)62-69-64(66)58-55-52-49-46-43-40-38-35-33-31-29-26-23-20-17-14-11-8-5-2/h9,12,16,18-19,21,25,27-28,32,34,37,44,47,53,56,63H,4-8,10-11,13-15,17,20,22-24,26,29-31,33,35-36,38-43,45-46,48-52,54-55,57-62H2,1-3H3/b12-9-,19-16-,21-18-,28-25-,34-32-,37-27-,47-44-,56-53-. The number of carbonyl (C=O) groups excluding carboxylic acids is 2. The number of allylic oxidation sites excluding steroid dienone is 15. The molecule has 0 aromatic heterocycles. The maximum atomic E-state index is 12.8. The van der Waals surface area contributed by atoms with Crippen molar-refractivity contribution in [2.45, 2.75) is 284 Å². The Hall–Kier alpha value is -3.18. The van der Waals surface area contributed by atoms with Gasteiger partial charge in [-0.25, -0.2) is 0 Å². The van der Waals surface area contributed by atoms with Crippen LogP contribution in [0, 0.1) is 0 Å². The minimum Gasteiger partial charge on any atom is -0.462 e. The molecule has 0 rings (SSSR count). The SMILES string of the molecule is CC/C=C\C/C=C\C/C=C\C/C=C\C/C=C\CC(=O)OC(COCCCCCCCCC/C=C\C/C=C\C/C=C\CCCCC)COC(=O)CCCCCCCCCCCCCCCCCCCCC. The lowest BCUT2D eigenvalue weighted by Crippen LogP contribution is -2.29. The summed E-state index contributed by atoms with van der Waals surface area (Å²) in [6.07, 6.45) is 81.8. The van der Waals surface area contributed by atoms with Gasteiger partial charge in [0.15, 0.2) is 6.10 Å². The van der Waals surface area contributed by atoms with Crippen LogP contribution in [0.3, 0.4) is 0 Å². The largest absolute Gasteiger partial charge is 0.462 e. The van der Waals surface area contributed by atoms with Crippen molar-refractivity contribution in [2.24, 2.45) is 0 Å². The predicted molar refractivity (Wildman–Crippen MR) is 306 cm³/mol. The molecule has 0 N–H and O–H groups in total. The summed E-state index contributed by atoms with van der Waals surface area (Å²) in [7, 11) is 0. The van der Waals surface area contributed by atoms with Gasteiger partial charge in [0.05, 0.1) is 13.0 Å². The third kappa shape index (κ3) is 57.4. The Labute approximate surface area is 434 Å². The van der Waals surface area contributed by atoms with Crippen LogP contribution in [0.2, 0.25) is 0 Å². The Morgan fingerprint density at radius 1 is 0.343 bits per heavy atom. The number of hydrogen-bond acceptors (Lipinski definition) is 5. The van der Waals surface area contributed by atoms with Crippen LogP contribution in [0.4, 0.5) is 0 Å². The fourth-order valence-electron chi connectivity index (χ4n) is 8.24. The van der Waals surface area contributed by atoms with Crippen LogP contribution >= 0.6 is 0 Å². The van der Waals surface area contributed by atoms with Crippen molar-refractivity contribution in [1.29, 1.82) is 0 Å². The molecule has 0 radical (unpaired) electrons. The van der Waals surface area contributed by atoms with Crippen molar-refractivity contribution in [3.63, 3.8) is 0 Å². The van der Waals surface area contributed by atoms with Crippen molar-refractivity contribution in [1.82, 2.24) is 0 Å². The molecule has 0 fully saturated rings. The molecule has 0 aliphatic rings. The number of hydrogen-bond donors (Lipinski definition) is 0. The minimum absolute atomic E-state index is 0.0398. The minimum atomic E-state index is -0.600. The van der Waals surface area contributed by atoms with Gasteiger partial charge in [-0.15, -0.1) is 0 Å². The van der Waals surface area contributed by atoms with E-state index >= 15 is 0 Å². The zero-order valence-electron chi connectivity index (χ0n) is 46.3. The van der Waals surface area contributed by atoms with E-state index in [1.165, 1.54) is 173 Å². The van der Waals surface area contributed by atoms with Gasteiger partial charge in [-0.3, -0.25) is 9.59 Å². The molecule has 0 aliphatic heterocycles. The molecule has 0 aliphatic carbocycles. The molecule has 0 saturated heterocycles. The monoisotopic (exact) mass is 973 g/mol. The average Bonchev–Trinajstić information content (AvgIpc) is 3.36. The lowest BCUT2D eigenvalue weighted by atomic mass is 10.0. The summed E-state index contributed by atoms with van der Waals surface area (Å²) in [4.78, 5) is 25.5. The number of ether oxygens (including phenoxy) is 3. The zero-order chi connectivity index (χ0) is 50.6. The maximum Gasteiger partial charge on any atom is 0.310 e. The Bertz CT molecular complexity index is 1330. The third-order valence-electron chi connectivity index (χ3n) is 12.6. The molecule has 0 bridgehead atoms. The molecule has 1 atom stereocenters. The summed E-state index contributed by atoms with van der Waals surface area (Å²) >= 11 is 0. The molecular weight excluding hydrogens is 861 g/mol. The fraction of sp³-hybridized carbons (Fsp3) is 0.723. The first kappa shape index (κ1) is 66.8. The van der Waals surface area contributed by atoms with Crippen LogP contribution in [0.5, 0.6) is 0 Å². The second kappa shape index (κ2) is 60.1. The number of unbranched alkanes of at least 4 members (excludes halogenated alkanes) is 28. The molecule has 0 amide bonds. The highest BCUT2D eigenvalue weighted by atomic mass is 16.6. The van der Waals surface area contributed by atoms with Crippen LogP contribution in [0.25, 0.3) is 0 Å². The van der Waals surface area contributed by atoms with Crippen LogP contribution in [-0.2, 0) is 23.8 Å². The molecule has 70 heavy (non-hydrogen) atoms. The molecule has 0 aromatic rings. The molecule has 0 saturated carbocycles. The van der Waals surface area contributed by atoms with E-state index in [0.29, 0.717) is 13.0 Å². The summed E-state index contributed by atoms with van der Waals surface area (Å²) in [6, 6.07) is 0. The molecule has 0 aromatic carbocycles. The molecule has 1 unspecified atom stereocenters. The van der Waals surface area contributed by atoms with E-state index in [9.17, 15) is 9.59 Å². The number of rotatable bonds is 54. The molecule has 5 nitrogen and oxygen atoms in total. The van der Waals surface area contributed by atoms with Gasteiger partial charge in [-0.1, -0.05) is 279 Å². The molecular formula is C65H112O5. The lowest BCUT2D eigenvalue weighted by molar-refractivity contribution is -0.162. The van der Waals surface area contributed by atoms with E-state index in [0.717, 1.165) is 70.6 Å². The fourth-order valence-corrected chi connectivity index (χ4v) is 8.24. The quantitative estimate of drug-likeness (QED) is 0.0345. The van der Waals surface area contributed by atoms with Crippen molar-refractivity contribution >= 4 is 11.9 Å². The summed E-state index contributed by atoms with van der Waals surface area (Å²) < 4.78 is 17.4. The second-order valence-corrected chi connectivity index (χ2v) is 19.5. The normalized spacial score (nSPS) is 12.9. The van der Waals surface area contributed by atoms with Crippen molar-refractivity contribution in [3.05, 3.63) is 97.2 Å². The van der Waals surface area contributed by atoms with E-state index in [4.69, 9.17) is 14.2 Å². The number of carbonyl (C=O) groups is 2. The summed E-state index contributed by atoms with van der Waals surface area (Å²) in [5, 5.41) is 0. The van der Waals surface area contributed by atoms with E-state index in [-0.39, 0.29) is 31.6 Å². The van der Waals surface area contributed by atoms with E-state index in [1.54, 1.807) is 0 Å². The summed E-state index contributed by atoms with van der Waals surface area (Å²) in [5.41, 5.74) is 0. The van der Waals surface area contributed by atoms with Crippen LogP contribution in [0.1, 0.15) is 278 Å². The van der Waals surface area contributed by atoms with E-state index in [1.807, 2.05) is 12.2 Å². The molecule has 402 valence electrons. The van der Waals surface area contributed by atoms with Crippen LogP contribution in [0.15, 0.2) is 97.2 Å². The Morgan fingerprint density at radius 2 is 0.686 bits per heavy atom. The molecule has 0 spiro atoms. The third-order valence-corrected chi connectivity index (χ3v) is 12.6. The van der Waals surface area contributed by atoms with Gasteiger partial charge in [0, 0.05) is 13.0 Å². The smallest absolute Gasteiger partial charge is 0.310 e. The van der Waals surface area contributed by atoms with E-state index in [2.05, 4.69) is 106 Å². The Balaban J connectivity index is 4.36. The summed E-state index contributed by atoms with van der Waals surface area (Å²) in [5.74, 6) is -0.542. The van der Waals surface area contributed by atoms with Gasteiger partial charge in [0.1, 0.15) is 6.61 Å². The van der Waals surface area contributed by atoms with Gasteiger partial charge in [-0.05, 0) is 83.5 Å². The highest BCUT2D eigenvalue weighted by Gasteiger charge is 2.17. The van der Waals surface area contributed by atoms with Gasteiger partial charge in [0.2, 0.25) is 0 Å². The zero-order valence-corrected chi connectivity index (χ0v) is 46.3. The van der Waals surface area contributed by atoms with Crippen molar-refractivity contribution in [3.8, 4) is 0 Å². The second-order valence-electron chi connectivity index (χ2n) is 19.5. The first-order valence-corrected chi connectivity index (χ1v) is 29.8. The first-order valence-electron chi connectivity index (χ1n) is 29.8. The van der Waals surface area contributed by atoms with Crippen LogP contribution < -0.4 is 0 Å². The Kier molecular flexibility index (Phi) is 57.4. The highest BCUT2D eigenvalue weighted by molar-refractivity contribution is 5.71. The highest BCUT2D eigenvalue weighted by Crippen LogP contribution is 2.16. The van der Waals surface area contributed by atoms with E-state index < -0.39 is 6.10 Å². The van der Waals surface area contributed by atoms with Crippen LogP contribution in [-0.4, -0.2) is 37.9 Å². The van der Waals surface area contributed by atoms with Gasteiger partial charge >= 0.3 is 11.9 Å². The average molecular weight is 974 g/mol. The topological polar surface area (TPSA) is 61.8 Å². The van der Waals surface area contributed by atoms with Gasteiger partial charge in [-0.2, -0.15) is 0 Å². The maximum absolute atomic E-state index is 12.8. The lowest BCUT2D eigenvalue weighted by Gasteiger charge is -2.18. The molecule has 5 heteroatoms. The Morgan fingerprint density at radius 3 is 1.13 bits per heavy atom. The van der Waals surface area contributed by atoms with Gasteiger partial charge < -0.3 is 14.2 Å².